The Labute approximate surface area is 124 Å². The number of nitrogens with one attached hydrogen (secondary N) is 1. The molecule has 2 aromatic carbocycles. The van der Waals surface area contributed by atoms with Crippen LogP contribution in [0.2, 0.25) is 5.02 Å². The minimum atomic E-state index is -0.206. The Hall–Kier alpha value is -1.38. The van der Waals surface area contributed by atoms with Crippen molar-refractivity contribution in [2.24, 2.45) is 0 Å². The monoisotopic (exact) mass is 291 g/mol. The molecule has 1 atom stereocenters. The molecule has 0 aliphatic heterocycles. The lowest BCUT2D eigenvalue weighted by Crippen LogP contribution is -2.23. The van der Waals surface area contributed by atoms with Gasteiger partial charge in [0.05, 0.1) is 0 Å². The van der Waals surface area contributed by atoms with E-state index < -0.39 is 0 Å². The first-order valence-electron chi connectivity index (χ1n) is 6.84. The molecule has 1 unspecified atom stereocenters. The van der Waals surface area contributed by atoms with Gasteiger partial charge in [0.1, 0.15) is 5.82 Å². The molecule has 0 spiro atoms. The van der Waals surface area contributed by atoms with Crippen LogP contribution in [0.25, 0.3) is 0 Å². The van der Waals surface area contributed by atoms with Gasteiger partial charge in [-0.15, -0.1) is 0 Å². The zero-order valence-electron chi connectivity index (χ0n) is 11.8. The van der Waals surface area contributed by atoms with Crippen molar-refractivity contribution in [3.8, 4) is 0 Å². The Balaban J connectivity index is 2.24. The predicted molar refractivity (Wildman–Crippen MR) is 82.7 cm³/mol. The molecule has 2 rings (SSSR count). The molecule has 2 aromatic rings. The highest BCUT2D eigenvalue weighted by molar-refractivity contribution is 6.31. The van der Waals surface area contributed by atoms with Gasteiger partial charge in [-0.3, -0.25) is 0 Å². The minimum absolute atomic E-state index is 0.138. The number of halogens is 2. The lowest BCUT2D eigenvalue weighted by atomic mass is 9.98. The Bertz CT molecular complexity index is 566. The second-order valence-corrected chi connectivity index (χ2v) is 5.37. The quantitative estimate of drug-likeness (QED) is 0.843. The molecular weight excluding hydrogens is 273 g/mol. The van der Waals surface area contributed by atoms with Gasteiger partial charge in [-0.1, -0.05) is 42.8 Å². The van der Waals surface area contributed by atoms with Gasteiger partial charge in [0, 0.05) is 11.1 Å². The van der Waals surface area contributed by atoms with Gasteiger partial charge in [-0.25, -0.2) is 4.39 Å². The van der Waals surface area contributed by atoms with Crippen LogP contribution in [0, 0.1) is 12.7 Å². The van der Waals surface area contributed by atoms with Crippen LogP contribution in [0.3, 0.4) is 0 Å². The van der Waals surface area contributed by atoms with Crippen LogP contribution in [0.4, 0.5) is 4.39 Å². The average Bonchev–Trinajstić information content (AvgIpc) is 2.41. The van der Waals surface area contributed by atoms with Gasteiger partial charge in [0.15, 0.2) is 0 Å². The topological polar surface area (TPSA) is 12.0 Å². The summed E-state index contributed by atoms with van der Waals surface area (Å²) in [6.45, 7) is 4.95. The maximum absolute atomic E-state index is 13.0. The van der Waals surface area contributed by atoms with E-state index >= 15 is 0 Å². The molecule has 0 radical (unpaired) electrons. The van der Waals surface area contributed by atoms with Gasteiger partial charge in [0.25, 0.3) is 0 Å². The van der Waals surface area contributed by atoms with E-state index in [1.54, 1.807) is 0 Å². The maximum atomic E-state index is 13.0. The number of rotatable bonds is 5. The Morgan fingerprint density at radius 2 is 1.85 bits per heavy atom. The van der Waals surface area contributed by atoms with Crippen molar-refractivity contribution in [2.45, 2.75) is 26.3 Å². The smallest absolute Gasteiger partial charge is 0.123 e. The van der Waals surface area contributed by atoms with Gasteiger partial charge < -0.3 is 5.32 Å². The zero-order chi connectivity index (χ0) is 14.5. The van der Waals surface area contributed by atoms with Crippen LogP contribution in [-0.2, 0) is 6.42 Å². The molecule has 0 aliphatic rings. The summed E-state index contributed by atoms with van der Waals surface area (Å²) in [5.41, 5.74) is 3.33. The number of aryl methyl sites for hydroxylation is 1. The Morgan fingerprint density at radius 3 is 2.45 bits per heavy atom. The van der Waals surface area contributed by atoms with E-state index in [4.69, 9.17) is 11.6 Å². The second kappa shape index (κ2) is 6.87. The summed E-state index contributed by atoms with van der Waals surface area (Å²) in [5.74, 6) is -0.206. The molecule has 0 amide bonds. The third kappa shape index (κ3) is 3.81. The molecule has 3 heteroatoms. The summed E-state index contributed by atoms with van der Waals surface area (Å²) in [6, 6.07) is 12.9. The minimum Gasteiger partial charge on any atom is -0.310 e. The molecule has 0 aromatic heterocycles. The summed E-state index contributed by atoms with van der Waals surface area (Å²) >= 11 is 6.35. The van der Waals surface area contributed by atoms with Crippen molar-refractivity contribution in [3.05, 3.63) is 70.0 Å². The fourth-order valence-corrected chi connectivity index (χ4v) is 2.68. The van der Waals surface area contributed by atoms with Crippen molar-refractivity contribution in [3.63, 3.8) is 0 Å². The van der Waals surface area contributed by atoms with Crippen molar-refractivity contribution in [1.82, 2.24) is 5.32 Å². The molecule has 0 heterocycles. The van der Waals surface area contributed by atoms with Gasteiger partial charge >= 0.3 is 0 Å². The van der Waals surface area contributed by atoms with Crippen LogP contribution >= 0.6 is 11.6 Å². The fourth-order valence-electron chi connectivity index (χ4n) is 2.31. The summed E-state index contributed by atoms with van der Waals surface area (Å²) in [6.07, 6.45) is 0.789. The van der Waals surface area contributed by atoms with Crippen LogP contribution in [0.5, 0.6) is 0 Å². The molecule has 0 bridgehead atoms. The van der Waals surface area contributed by atoms with Crippen LogP contribution in [0.15, 0.2) is 42.5 Å². The summed E-state index contributed by atoms with van der Waals surface area (Å²) in [7, 11) is 0. The SMILES string of the molecule is CCNC(Cc1ccc(F)cc1)c1ccc(C)cc1Cl. The third-order valence-corrected chi connectivity index (χ3v) is 3.66. The third-order valence-electron chi connectivity index (χ3n) is 3.33. The van der Waals surface area contributed by atoms with Crippen molar-refractivity contribution >= 4 is 11.6 Å². The van der Waals surface area contributed by atoms with E-state index in [0.29, 0.717) is 0 Å². The van der Waals surface area contributed by atoms with Crippen molar-refractivity contribution in [2.75, 3.05) is 6.54 Å². The molecule has 0 saturated heterocycles. The Morgan fingerprint density at radius 1 is 1.15 bits per heavy atom. The first-order chi connectivity index (χ1) is 9.60. The van der Waals surface area contributed by atoms with Crippen LogP contribution < -0.4 is 5.32 Å². The van der Waals surface area contributed by atoms with E-state index in [-0.39, 0.29) is 11.9 Å². The van der Waals surface area contributed by atoms with Crippen molar-refractivity contribution in [1.29, 1.82) is 0 Å². The van der Waals surface area contributed by atoms with Crippen LogP contribution in [-0.4, -0.2) is 6.54 Å². The second-order valence-electron chi connectivity index (χ2n) is 4.97. The molecule has 20 heavy (non-hydrogen) atoms. The normalized spacial score (nSPS) is 12.4. The first kappa shape index (κ1) is 15.0. The van der Waals surface area contributed by atoms with Gasteiger partial charge in [-0.2, -0.15) is 0 Å². The van der Waals surface area contributed by atoms with Gasteiger partial charge in [-0.05, 0) is 54.8 Å². The average molecular weight is 292 g/mol. The van der Waals surface area contributed by atoms with E-state index in [2.05, 4.69) is 24.4 Å². The number of likely N-dealkylation sites (N-methyl/N-ethyl adjacent to an activating group) is 1. The van der Waals surface area contributed by atoms with E-state index in [9.17, 15) is 4.39 Å². The highest BCUT2D eigenvalue weighted by Gasteiger charge is 2.14. The van der Waals surface area contributed by atoms with Gasteiger partial charge in [0.2, 0.25) is 0 Å². The highest BCUT2D eigenvalue weighted by Crippen LogP contribution is 2.27. The fraction of sp³-hybridized carbons (Fsp3) is 0.294. The van der Waals surface area contributed by atoms with E-state index in [0.717, 1.165) is 34.7 Å². The molecule has 0 fully saturated rings. The molecule has 0 aliphatic carbocycles. The maximum Gasteiger partial charge on any atom is 0.123 e. The lowest BCUT2D eigenvalue weighted by molar-refractivity contribution is 0.549. The van der Waals surface area contributed by atoms with E-state index in [1.165, 1.54) is 12.1 Å². The molecular formula is C17H19ClFN. The lowest BCUT2D eigenvalue weighted by Gasteiger charge is -2.20. The summed E-state index contributed by atoms with van der Waals surface area (Å²) < 4.78 is 13.0. The largest absolute Gasteiger partial charge is 0.310 e. The predicted octanol–water partition coefficient (Wildman–Crippen LogP) is 4.68. The Kier molecular flexibility index (Phi) is 5.16. The molecule has 0 saturated carbocycles. The molecule has 1 nitrogen and oxygen atoms in total. The standard InChI is InChI=1S/C17H19ClFN/c1-3-20-17(11-13-5-7-14(19)8-6-13)15-9-4-12(2)10-16(15)18/h4-10,17,20H,3,11H2,1-2H3. The summed E-state index contributed by atoms with van der Waals surface area (Å²) in [4.78, 5) is 0. The van der Waals surface area contributed by atoms with E-state index in [1.807, 2.05) is 25.1 Å². The summed E-state index contributed by atoms with van der Waals surface area (Å²) in [5, 5.41) is 4.22. The highest BCUT2D eigenvalue weighted by atomic mass is 35.5. The molecule has 1 N–H and O–H groups in total. The number of hydrogen-bond donors (Lipinski definition) is 1. The van der Waals surface area contributed by atoms with Crippen molar-refractivity contribution < 1.29 is 4.39 Å². The van der Waals surface area contributed by atoms with Crippen LogP contribution in [0.1, 0.15) is 29.7 Å². The number of hydrogen-bond acceptors (Lipinski definition) is 1. The first-order valence-corrected chi connectivity index (χ1v) is 7.22. The zero-order valence-corrected chi connectivity index (χ0v) is 12.5. The number of benzene rings is 2. The molecule has 106 valence electrons.